The number of hydrogen-bond donors (Lipinski definition) is 1. The number of aromatic nitrogens is 3. The lowest BCUT2D eigenvalue weighted by Crippen LogP contribution is -2.34. The van der Waals surface area contributed by atoms with E-state index in [1.807, 2.05) is 26.8 Å². The molecule has 3 heterocycles. The number of carbonyl (C=O) groups excluding carboxylic acids is 1. The van der Waals surface area contributed by atoms with E-state index in [2.05, 4.69) is 15.0 Å². The number of aryl methyl sites for hydroxylation is 1. The van der Waals surface area contributed by atoms with Crippen molar-refractivity contribution in [3.8, 4) is 0 Å². The maximum Gasteiger partial charge on any atom is 0.417 e. The fraction of sp³-hybridized carbons (Fsp3) is 0.333. The Bertz CT molecular complexity index is 1060. The van der Waals surface area contributed by atoms with Crippen molar-refractivity contribution < 1.29 is 18.0 Å². The Kier molecular flexibility index (Phi) is 5.91. The van der Waals surface area contributed by atoms with Gasteiger partial charge in [0.15, 0.2) is 0 Å². The van der Waals surface area contributed by atoms with Crippen LogP contribution in [0.4, 0.5) is 19.0 Å². The van der Waals surface area contributed by atoms with E-state index >= 15 is 0 Å². The van der Waals surface area contributed by atoms with E-state index < -0.39 is 11.7 Å². The minimum Gasteiger partial charge on any atom is -0.383 e. The van der Waals surface area contributed by atoms with Gasteiger partial charge in [-0.2, -0.15) is 13.2 Å². The van der Waals surface area contributed by atoms with Gasteiger partial charge in [0.25, 0.3) is 5.91 Å². The van der Waals surface area contributed by atoms with Crippen LogP contribution in [0.25, 0.3) is 10.9 Å². The van der Waals surface area contributed by atoms with Crippen LogP contribution in [0.2, 0.25) is 0 Å². The van der Waals surface area contributed by atoms with Crippen LogP contribution in [-0.2, 0) is 12.7 Å². The van der Waals surface area contributed by atoms with Crippen molar-refractivity contribution in [2.24, 2.45) is 5.92 Å². The molecule has 0 radical (unpaired) electrons. The number of halogens is 3. The number of nitrogen functional groups attached to an aromatic ring is 1. The Labute approximate surface area is 172 Å². The standard InChI is InChI=1S/C21H22F3N5O/c1-12(2)10-29(11-16-5-4-15(8-26-16)21(22,23)24)20(30)17-7-14-6-13(3)19(25)28-18(14)9-27-17/h4-9,12H,10-11H2,1-3H3,(H2,25,28). The van der Waals surface area contributed by atoms with Crippen molar-refractivity contribution in [2.75, 3.05) is 12.3 Å². The molecule has 9 heteroatoms. The van der Waals surface area contributed by atoms with E-state index in [4.69, 9.17) is 5.73 Å². The van der Waals surface area contributed by atoms with Crippen molar-refractivity contribution in [2.45, 2.75) is 33.5 Å². The molecule has 0 saturated heterocycles. The van der Waals surface area contributed by atoms with Gasteiger partial charge in [-0.1, -0.05) is 13.8 Å². The Morgan fingerprint density at radius 1 is 1.17 bits per heavy atom. The molecule has 0 aromatic carbocycles. The number of nitrogens with two attached hydrogens (primary N) is 1. The topological polar surface area (TPSA) is 85.0 Å². The van der Waals surface area contributed by atoms with Crippen LogP contribution < -0.4 is 5.73 Å². The zero-order chi connectivity index (χ0) is 22.1. The lowest BCUT2D eigenvalue weighted by atomic mass is 10.1. The number of amides is 1. The first-order chi connectivity index (χ1) is 14.0. The zero-order valence-electron chi connectivity index (χ0n) is 16.9. The van der Waals surface area contributed by atoms with Crippen LogP contribution in [0.3, 0.4) is 0 Å². The van der Waals surface area contributed by atoms with Crippen molar-refractivity contribution in [1.29, 1.82) is 0 Å². The highest BCUT2D eigenvalue weighted by Crippen LogP contribution is 2.28. The molecule has 0 fully saturated rings. The van der Waals surface area contributed by atoms with Gasteiger partial charge in [-0.3, -0.25) is 9.78 Å². The Hall–Kier alpha value is -3.23. The molecule has 0 bridgehead atoms. The number of fused-ring (bicyclic) bond motifs is 1. The maximum atomic E-state index is 13.1. The highest BCUT2D eigenvalue weighted by molar-refractivity contribution is 5.96. The third kappa shape index (κ3) is 4.84. The van der Waals surface area contributed by atoms with Gasteiger partial charge >= 0.3 is 6.18 Å². The maximum absolute atomic E-state index is 13.1. The number of nitrogens with zero attached hydrogens (tertiary/aromatic N) is 4. The van der Waals surface area contributed by atoms with Crippen LogP contribution in [0.5, 0.6) is 0 Å². The van der Waals surface area contributed by atoms with Crippen LogP contribution in [0, 0.1) is 12.8 Å². The number of anilines is 1. The Morgan fingerprint density at radius 3 is 2.50 bits per heavy atom. The van der Waals surface area contributed by atoms with Gasteiger partial charge in [-0.05, 0) is 42.7 Å². The molecule has 3 aromatic heterocycles. The second-order valence-corrected chi connectivity index (χ2v) is 7.57. The van der Waals surface area contributed by atoms with Crippen LogP contribution >= 0.6 is 0 Å². The molecule has 0 spiro atoms. The van der Waals surface area contributed by atoms with Crippen molar-refractivity contribution >= 4 is 22.6 Å². The minimum absolute atomic E-state index is 0.0773. The normalized spacial score (nSPS) is 11.8. The quantitative estimate of drug-likeness (QED) is 0.671. The Morgan fingerprint density at radius 2 is 1.90 bits per heavy atom. The number of pyridine rings is 3. The molecular formula is C21H22F3N5O. The second-order valence-electron chi connectivity index (χ2n) is 7.57. The van der Waals surface area contributed by atoms with E-state index in [0.29, 0.717) is 23.6 Å². The first-order valence-electron chi connectivity index (χ1n) is 9.39. The van der Waals surface area contributed by atoms with Crippen LogP contribution in [-0.4, -0.2) is 32.3 Å². The van der Waals surface area contributed by atoms with Gasteiger partial charge in [0.2, 0.25) is 0 Å². The molecule has 158 valence electrons. The molecule has 2 N–H and O–H groups in total. The van der Waals surface area contributed by atoms with Gasteiger partial charge in [0.1, 0.15) is 11.5 Å². The summed E-state index contributed by atoms with van der Waals surface area (Å²) in [4.78, 5) is 27.0. The number of rotatable bonds is 5. The summed E-state index contributed by atoms with van der Waals surface area (Å²) < 4.78 is 38.3. The molecule has 0 aliphatic rings. The predicted octanol–water partition coefficient (Wildman–Crippen LogP) is 4.23. The van der Waals surface area contributed by atoms with E-state index in [1.54, 1.807) is 6.07 Å². The number of hydrogen-bond acceptors (Lipinski definition) is 5. The van der Waals surface area contributed by atoms with E-state index in [0.717, 1.165) is 23.2 Å². The van der Waals surface area contributed by atoms with E-state index in [9.17, 15) is 18.0 Å². The third-order valence-corrected chi connectivity index (χ3v) is 4.53. The SMILES string of the molecule is Cc1cc2cc(C(=O)N(Cc3ccc(C(F)(F)F)cn3)CC(C)C)ncc2nc1N. The molecule has 0 unspecified atom stereocenters. The van der Waals surface area contributed by atoms with E-state index in [-0.39, 0.29) is 24.1 Å². The summed E-state index contributed by atoms with van der Waals surface area (Å²) in [5.74, 6) is 0.215. The third-order valence-electron chi connectivity index (χ3n) is 4.53. The predicted molar refractivity (Wildman–Crippen MR) is 108 cm³/mol. The summed E-state index contributed by atoms with van der Waals surface area (Å²) in [6, 6.07) is 5.73. The Balaban J connectivity index is 1.88. The molecule has 0 aliphatic heterocycles. The summed E-state index contributed by atoms with van der Waals surface area (Å²) in [6.45, 7) is 6.20. The summed E-state index contributed by atoms with van der Waals surface area (Å²) in [6.07, 6.45) is -2.19. The van der Waals surface area contributed by atoms with Gasteiger partial charge in [-0.25, -0.2) is 9.97 Å². The monoisotopic (exact) mass is 417 g/mol. The van der Waals surface area contributed by atoms with Gasteiger partial charge in [-0.15, -0.1) is 0 Å². The van der Waals surface area contributed by atoms with Crippen molar-refractivity contribution in [3.63, 3.8) is 0 Å². The lowest BCUT2D eigenvalue weighted by Gasteiger charge is -2.24. The number of carbonyl (C=O) groups is 1. The van der Waals surface area contributed by atoms with Gasteiger partial charge in [0.05, 0.1) is 29.5 Å². The van der Waals surface area contributed by atoms with Crippen LogP contribution in [0.15, 0.2) is 36.7 Å². The first-order valence-corrected chi connectivity index (χ1v) is 9.39. The van der Waals surface area contributed by atoms with Gasteiger partial charge < -0.3 is 10.6 Å². The largest absolute Gasteiger partial charge is 0.417 e. The zero-order valence-corrected chi connectivity index (χ0v) is 16.9. The molecule has 0 saturated carbocycles. The average Bonchev–Trinajstić information content (AvgIpc) is 2.67. The summed E-state index contributed by atoms with van der Waals surface area (Å²) in [7, 11) is 0. The summed E-state index contributed by atoms with van der Waals surface area (Å²) in [5.41, 5.74) is 6.95. The van der Waals surface area contributed by atoms with Crippen molar-refractivity contribution in [1.82, 2.24) is 19.9 Å². The summed E-state index contributed by atoms with van der Waals surface area (Å²) in [5, 5.41) is 0.734. The van der Waals surface area contributed by atoms with Crippen molar-refractivity contribution in [3.05, 3.63) is 59.2 Å². The average molecular weight is 417 g/mol. The molecule has 1 amide bonds. The molecule has 3 rings (SSSR count). The van der Waals surface area contributed by atoms with Crippen LogP contribution in [0.1, 0.15) is 41.2 Å². The molecule has 30 heavy (non-hydrogen) atoms. The second kappa shape index (κ2) is 8.25. The fourth-order valence-electron chi connectivity index (χ4n) is 3.02. The number of alkyl halides is 3. The lowest BCUT2D eigenvalue weighted by molar-refractivity contribution is -0.137. The molecule has 0 atom stereocenters. The minimum atomic E-state index is -4.45. The highest BCUT2D eigenvalue weighted by atomic mass is 19.4. The fourth-order valence-corrected chi connectivity index (χ4v) is 3.02. The molecule has 0 aliphatic carbocycles. The van der Waals surface area contributed by atoms with Gasteiger partial charge in [0, 0.05) is 18.1 Å². The smallest absolute Gasteiger partial charge is 0.383 e. The van der Waals surface area contributed by atoms with E-state index in [1.165, 1.54) is 17.2 Å². The molecule has 3 aromatic rings. The highest BCUT2D eigenvalue weighted by Gasteiger charge is 2.30. The first kappa shape index (κ1) is 21.5. The summed E-state index contributed by atoms with van der Waals surface area (Å²) >= 11 is 0. The molecule has 6 nitrogen and oxygen atoms in total. The molecular weight excluding hydrogens is 395 g/mol.